The van der Waals surface area contributed by atoms with Crippen molar-refractivity contribution in [3.05, 3.63) is 36.5 Å². The lowest BCUT2D eigenvalue weighted by molar-refractivity contribution is -0.123. The monoisotopic (exact) mass is 618 g/mol. The van der Waals surface area contributed by atoms with Gasteiger partial charge in [-0.15, -0.1) is 0 Å². The van der Waals surface area contributed by atoms with Crippen LogP contribution < -0.4 is 5.32 Å². The zero-order chi connectivity index (χ0) is 32.2. The van der Waals surface area contributed by atoms with E-state index in [9.17, 15) is 15.0 Å². The largest absolute Gasteiger partial charge is 0.394 e. The van der Waals surface area contributed by atoms with Gasteiger partial charge < -0.3 is 15.5 Å². The maximum absolute atomic E-state index is 12.3. The number of aliphatic hydroxyl groups excluding tert-OH is 2. The number of carbonyl (C=O) groups is 1. The average Bonchev–Trinajstić information content (AvgIpc) is 3.03. The molecule has 0 bridgehead atoms. The number of nitrogens with one attached hydrogen (secondary N) is 1. The van der Waals surface area contributed by atoms with Gasteiger partial charge >= 0.3 is 0 Å². The second-order valence-electron chi connectivity index (χ2n) is 13.0. The van der Waals surface area contributed by atoms with Crippen molar-refractivity contribution < 1.29 is 15.0 Å². The Morgan fingerprint density at radius 1 is 0.545 bits per heavy atom. The summed E-state index contributed by atoms with van der Waals surface area (Å²) in [6.07, 6.45) is 46.5. The molecule has 4 nitrogen and oxygen atoms in total. The third-order valence-corrected chi connectivity index (χ3v) is 8.62. The average molecular weight is 618 g/mol. The minimum Gasteiger partial charge on any atom is -0.394 e. The van der Waals surface area contributed by atoms with Gasteiger partial charge in [-0.25, -0.2) is 0 Å². The van der Waals surface area contributed by atoms with Crippen molar-refractivity contribution in [3.8, 4) is 0 Å². The van der Waals surface area contributed by atoms with Crippen LogP contribution in [0.5, 0.6) is 0 Å². The minimum atomic E-state index is -0.840. The molecule has 0 aromatic rings. The molecule has 0 saturated heterocycles. The fraction of sp³-hybridized carbons (Fsp3) is 0.825. The third kappa shape index (κ3) is 32.0. The van der Waals surface area contributed by atoms with E-state index in [0.717, 1.165) is 32.1 Å². The first kappa shape index (κ1) is 42.6. The zero-order valence-electron chi connectivity index (χ0n) is 29.4. The van der Waals surface area contributed by atoms with Gasteiger partial charge in [0, 0.05) is 6.42 Å². The van der Waals surface area contributed by atoms with Crippen LogP contribution in [0.15, 0.2) is 36.5 Å². The Hall–Kier alpha value is -1.39. The van der Waals surface area contributed by atoms with Crippen LogP contribution in [0, 0.1) is 0 Å². The number of aliphatic hydroxyl groups is 2. The summed E-state index contributed by atoms with van der Waals surface area (Å²) in [7, 11) is 0. The number of hydrogen-bond donors (Lipinski definition) is 3. The van der Waals surface area contributed by atoms with Gasteiger partial charge in [-0.3, -0.25) is 4.79 Å². The highest BCUT2D eigenvalue weighted by Gasteiger charge is 2.17. The van der Waals surface area contributed by atoms with Gasteiger partial charge in [0.2, 0.25) is 5.91 Å². The molecule has 0 rings (SSSR count). The molecule has 0 spiro atoms. The zero-order valence-corrected chi connectivity index (χ0v) is 29.4. The van der Waals surface area contributed by atoms with Gasteiger partial charge in [0.15, 0.2) is 0 Å². The number of allylic oxidation sites excluding steroid dienone is 5. The predicted molar refractivity (Wildman–Crippen MR) is 193 cm³/mol. The lowest BCUT2D eigenvalue weighted by atomic mass is 10.0. The Bertz CT molecular complexity index is 672. The molecule has 0 radical (unpaired) electrons. The summed E-state index contributed by atoms with van der Waals surface area (Å²) in [4.78, 5) is 12.3. The fourth-order valence-corrected chi connectivity index (χ4v) is 5.62. The number of amides is 1. The molecule has 0 aliphatic heterocycles. The SMILES string of the molecule is CCCCCC/C=C\C/C=C\CCCCCCCCCC(=O)NC(CO)C(O)/C=C/CCCCCCCCCCCCCC. The summed E-state index contributed by atoms with van der Waals surface area (Å²) in [5.41, 5.74) is 0. The molecular formula is C40H75NO3. The summed E-state index contributed by atoms with van der Waals surface area (Å²) in [5, 5.41) is 22.9. The number of rotatable bonds is 34. The van der Waals surface area contributed by atoms with Crippen LogP contribution in [0.3, 0.4) is 0 Å². The van der Waals surface area contributed by atoms with Crippen molar-refractivity contribution in [3.63, 3.8) is 0 Å². The highest BCUT2D eigenvalue weighted by molar-refractivity contribution is 5.76. The molecule has 44 heavy (non-hydrogen) atoms. The maximum atomic E-state index is 12.3. The van der Waals surface area contributed by atoms with E-state index in [1.54, 1.807) is 6.08 Å². The normalized spacial score (nSPS) is 13.5. The van der Waals surface area contributed by atoms with E-state index in [1.807, 2.05) is 6.08 Å². The fourth-order valence-electron chi connectivity index (χ4n) is 5.62. The number of unbranched alkanes of at least 4 members (excludes halogenated alkanes) is 23. The van der Waals surface area contributed by atoms with Gasteiger partial charge in [0.05, 0.1) is 18.8 Å². The van der Waals surface area contributed by atoms with Crippen LogP contribution in [-0.4, -0.2) is 34.9 Å². The topological polar surface area (TPSA) is 69.6 Å². The third-order valence-electron chi connectivity index (χ3n) is 8.62. The number of hydrogen-bond acceptors (Lipinski definition) is 3. The Morgan fingerprint density at radius 2 is 0.932 bits per heavy atom. The van der Waals surface area contributed by atoms with Crippen molar-refractivity contribution in [1.29, 1.82) is 0 Å². The molecule has 0 fully saturated rings. The van der Waals surface area contributed by atoms with Gasteiger partial charge in [-0.2, -0.15) is 0 Å². The van der Waals surface area contributed by atoms with Crippen LogP contribution >= 0.6 is 0 Å². The van der Waals surface area contributed by atoms with Crippen LogP contribution in [0.1, 0.15) is 194 Å². The molecule has 1 amide bonds. The van der Waals surface area contributed by atoms with Crippen molar-refractivity contribution in [1.82, 2.24) is 5.32 Å². The Labute approximate surface area is 274 Å². The highest BCUT2D eigenvalue weighted by Crippen LogP contribution is 2.13. The summed E-state index contributed by atoms with van der Waals surface area (Å²) in [6, 6.07) is -0.624. The molecule has 0 aliphatic carbocycles. The highest BCUT2D eigenvalue weighted by atomic mass is 16.3. The number of carbonyl (C=O) groups excluding carboxylic acids is 1. The van der Waals surface area contributed by atoms with E-state index in [0.29, 0.717) is 6.42 Å². The molecule has 2 atom stereocenters. The van der Waals surface area contributed by atoms with E-state index < -0.39 is 12.1 Å². The molecule has 4 heteroatoms. The van der Waals surface area contributed by atoms with E-state index in [2.05, 4.69) is 43.5 Å². The molecule has 0 aromatic carbocycles. The lowest BCUT2D eigenvalue weighted by Gasteiger charge is -2.20. The van der Waals surface area contributed by atoms with Gasteiger partial charge in [0.1, 0.15) is 0 Å². The summed E-state index contributed by atoms with van der Waals surface area (Å²) < 4.78 is 0. The second kappa shape index (κ2) is 36.1. The molecule has 0 aromatic heterocycles. The molecule has 0 heterocycles. The smallest absolute Gasteiger partial charge is 0.220 e. The molecule has 3 N–H and O–H groups in total. The maximum Gasteiger partial charge on any atom is 0.220 e. The Morgan fingerprint density at radius 3 is 1.39 bits per heavy atom. The van der Waals surface area contributed by atoms with Gasteiger partial charge in [-0.1, -0.05) is 172 Å². The summed E-state index contributed by atoms with van der Waals surface area (Å²) in [6.45, 7) is 4.28. The first-order valence-corrected chi connectivity index (χ1v) is 19.2. The van der Waals surface area contributed by atoms with E-state index in [4.69, 9.17) is 0 Å². The van der Waals surface area contributed by atoms with Crippen LogP contribution in [0.25, 0.3) is 0 Å². The van der Waals surface area contributed by atoms with Gasteiger partial charge in [-0.05, 0) is 51.4 Å². The van der Waals surface area contributed by atoms with E-state index >= 15 is 0 Å². The van der Waals surface area contributed by atoms with E-state index in [-0.39, 0.29) is 12.5 Å². The first-order valence-electron chi connectivity index (χ1n) is 19.2. The van der Waals surface area contributed by atoms with Crippen LogP contribution in [-0.2, 0) is 4.79 Å². The van der Waals surface area contributed by atoms with Crippen LogP contribution in [0.4, 0.5) is 0 Å². The molecule has 258 valence electrons. The first-order chi connectivity index (χ1) is 21.7. The summed E-state index contributed by atoms with van der Waals surface area (Å²) >= 11 is 0. The van der Waals surface area contributed by atoms with Crippen molar-refractivity contribution >= 4 is 5.91 Å². The van der Waals surface area contributed by atoms with E-state index in [1.165, 1.54) is 141 Å². The molecule has 0 aliphatic rings. The predicted octanol–water partition coefficient (Wildman–Crippen LogP) is 11.5. The Kier molecular flexibility index (Phi) is 34.9. The summed E-state index contributed by atoms with van der Waals surface area (Å²) in [5.74, 6) is -0.0735. The molecular weight excluding hydrogens is 542 g/mol. The van der Waals surface area contributed by atoms with Gasteiger partial charge in [0.25, 0.3) is 0 Å². The lowest BCUT2D eigenvalue weighted by Crippen LogP contribution is -2.45. The second-order valence-corrected chi connectivity index (χ2v) is 13.0. The Balaban J connectivity index is 3.63. The van der Waals surface area contributed by atoms with Crippen molar-refractivity contribution in [2.75, 3.05) is 6.61 Å². The molecule has 0 saturated carbocycles. The van der Waals surface area contributed by atoms with Crippen molar-refractivity contribution in [2.24, 2.45) is 0 Å². The quantitative estimate of drug-likeness (QED) is 0.0497. The van der Waals surface area contributed by atoms with Crippen molar-refractivity contribution in [2.45, 2.75) is 206 Å². The standard InChI is InChI=1S/C40H75NO3/c1-3-5-7-9-11-13-15-17-19-20-21-22-24-26-28-30-32-34-36-40(44)41-38(37-42)39(43)35-33-31-29-27-25-23-18-16-14-12-10-8-6-4-2/h13,15,19-20,33,35,38-39,42-43H,3-12,14,16-18,21-32,34,36-37H2,1-2H3,(H,41,44)/b15-13-,20-19-,35-33+. The minimum absolute atomic E-state index is 0.0735. The molecule has 2 unspecified atom stereocenters. The van der Waals surface area contributed by atoms with Crippen LogP contribution in [0.2, 0.25) is 0 Å².